The van der Waals surface area contributed by atoms with Crippen LogP contribution < -0.4 is 4.72 Å². The monoisotopic (exact) mass is 337 g/mol. The first-order valence-corrected chi connectivity index (χ1v) is 9.19. The molecule has 0 aliphatic carbocycles. The first-order chi connectivity index (χ1) is 10.5. The Morgan fingerprint density at radius 2 is 2.00 bits per heavy atom. The van der Waals surface area contributed by atoms with E-state index in [1.165, 1.54) is 11.3 Å². The van der Waals surface area contributed by atoms with Crippen LogP contribution in [0.3, 0.4) is 0 Å². The van der Waals surface area contributed by atoms with Crippen LogP contribution in [0.4, 0.5) is 0 Å². The van der Waals surface area contributed by atoms with Crippen LogP contribution in [-0.2, 0) is 22.2 Å². The molecule has 3 aromatic rings. The summed E-state index contributed by atoms with van der Waals surface area (Å²) in [5.74, 6) is 0.708. The van der Waals surface area contributed by atoms with Gasteiger partial charge in [-0.15, -0.1) is 10.2 Å². The zero-order chi connectivity index (χ0) is 15.6. The first kappa shape index (κ1) is 15.1. The number of aryl methyl sites for hydroxylation is 1. The van der Waals surface area contributed by atoms with Gasteiger partial charge in [0.05, 0.1) is 5.75 Å². The highest BCUT2D eigenvalue weighted by molar-refractivity contribution is 7.88. The van der Waals surface area contributed by atoms with Gasteiger partial charge in [0.25, 0.3) is 0 Å². The van der Waals surface area contributed by atoms with Crippen LogP contribution in [0.5, 0.6) is 0 Å². The van der Waals surface area contributed by atoms with Gasteiger partial charge in [-0.05, 0) is 12.5 Å². The van der Waals surface area contributed by atoms with Crippen LogP contribution in [0.2, 0.25) is 0 Å². The van der Waals surface area contributed by atoms with E-state index in [1.54, 1.807) is 16.6 Å². The maximum atomic E-state index is 12.0. The number of hydrogen-bond donors (Lipinski definition) is 1. The van der Waals surface area contributed by atoms with Crippen LogP contribution in [0.15, 0.2) is 30.3 Å². The zero-order valence-corrected chi connectivity index (χ0v) is 13.6. The molecule has 0 saturated heterocycles. The SMILES string of the molecule is Cc1nnc2sc(CCNS(=O)(=O)Cc3ccccc3)nn12. The maximum absolute atomic E-state index is 12.0. The number of nitrogens with zero attached hydrogens (tertiary/aromatic N) is 4. The predicted octanol–water partition coefficient (Wildman–Crippen LogP) is 1.16. The number of sulfonamides is 1. The maximum Gasteiger partial charge on any atom is 0.234 e. The van der Waals surface area contributed by atoms with Crippen molar-refractivity contribution in [2.75, 3.05) is 6.54 Å². The van der Waals surface area contributed by atoms with E-state index in [0.29, 0.717) is 13.0 Å². The largest absolute Gasteiger partial charge is 0.234 e. The third-order valence-electron chi connectivity index (χ3n) is 3.05. The highest BCUT2D eigenvalue weighted by atomic mass is 32.2. The quantitative estimate of drug-likeness (QED) is 0.729. The van der Waals surface area contributed by atoms with Crippen LogP contribution in [0, 0.1) is 6.92 Å². The highest BCUT2D eigenvalue weighted by Gasteiger charge is 2.12. The van der Waals surface area contributed by atoms with Gasteiger partial charge in [0, 0.05) is 13.0 Å². The molecular weight excluding hydrogens is 322 g/mol. The van der Waals surface area contributed by atoms with Crippen molar-refractivity contribution in [2.24, 2.45) is 0 Å². The Morgan fingerprint density at radius 1 is 1.23 bits per heavy atom. The summed E-state index contributed by atoms with van der Waals surface area (Å²) in [4.78, 5) is 0.722. The van der Waals surface area contributed by atoms with E-state index in [4.69, 9.17) is 0 Å². The van der Waals surface area contributed by atoms with Crippen LogP contribution in [0.25, 0.3) is 4.96 Å². The van der Waals surface area contributed by atoms with Crippen molar-refractivity contribution in [1.82, 2.24) is 24.5 Å². The van der Waals surface area contributed by atoms with Crippen molar-refractivity contribution >= 4 is 26.3 Å². The zero-order valence-electron chi connectivity index (χ0n) is 11.9. The molecule has 0 aliphatic heterocycles. The molecule has 0 unspecified atom stereocenters. The molecule has 0 spiro atoms. The molecule has 0 radical (unpaired) electrons. The molecule has 1 N–H and O–H groups in total. The molecule has 2 heterocycles. The summed E-state index contributed by atoms with van der Waals surface area (Å²) < 4.78 is 28.3. The molecule has 0 amide bonds. The lowest BCUT2D eigenvalue weighted by Crippen LogP contribution is -2.27. The summed E-state index contributed by atoms with van der Waals surface area (Å²) in [5, 5.41) is 13.1. The van der Waals surface area contributed by atoms with Gasteiger partial charge < -0.3 is 0 Å². The summed E-state index contributed by atoms with van der Waals surface area (Å²) in [6, 6.07) is 9.11. The lowest BCUT2D eigenvalue weighted by Gasteiger charge is -2.05. The van der Waals surface area contributed by atoms with Gasteiger partial charge in [-0.3, -0.25) is 0 Å². The summed E-state index contributed by atoms with van der Waals surface area (Å²) in [5.41, 5.74) is 0.768. The Balaban J connectivity index is 1.57. The average Bonchev–Trinajstić information content (AvgIpc) is 3.02. The highest BCUT2D eigenvalue weighted by Crippen LogP contribution is 2.13. The van der Waals surface area contributed by atoms with Crippen molar-refractivity contribution in [2.45, 2.75) is 19.1 Å². The second-order valence-corrected chi connectivity index (χ2v) is 7.67. The summed E-state index contributed by atoms with van der Waals surface area (Å²) >= 11 is 1.42. The molecule has 0 fully saturated rings. The molecular formula is C13H15N5O2S2. The van der Waals surface area contributed by atoms with E-state index < -0.39 is 10.0 Å². The third-order valence-corrected chi connectivity index (χ3v) is 5.36. The van der Waals surface area contributed by atoms with Gasteiger partial charge in [0.15, 0.2) is 5.82 Å². The number of aromatic nitrogens is 4. The van der Waals surface area contributed by atoms with E-state index in [9.17, 15) is 8.42 Å². The Hall–Kier alpha value is -1.84. The normalized spacial score (nSPS) is 12.0. The molecule has 0 aliphatic rings. The number of nitrogens with one attached hydrogen (secondary N) is 1. The van der Waals surface area contributed by atoms with Gasteiger partial charge in [-0.25, -0.2) is 13.1 Å². The second-order valence-electron chi connectivity index (χ2n) is 4.83. The molecule has 116 valence electrons. The van der Waals surface area contributed by atoms with E-state index >= 15 is 0 Å². The summed E-state index contributed by atoms with van der Waals surface area (Å²) in [7, 11) is -3.34. The van der Waals surface area contributed by atoms with Crippen molar-refractivity contribution < 1.29 is 8.42 Å². The van der Waals surface area contributed by atoms with Gasteiger partial charge in [-0.2, -0.15) is 9.61 Å². The number of benzene rings is 1. The average molecular weight is 337 g/mol. The fourth-order valence-electron chi connectivity index (χ4n) is 2.01. The lowest BCUT2D eigenvalue weighted by atomic mass is 10.2. The van der Waals surface area contributed by atoms with Gasteiger partial charge >= 0.3 is 0 Å². The molecule has 22 heavy (non-hydrogen) atoms. The minimum atomic E-state index is -3.34. The molecule has 0 atom stereocenters. The molecule has 3 rings (SSSR count). The van der Waals surface area contributed by atoms with Gasteiger partial charge in [-0.1, -0.05) is 41.7 Å². The van der Waals surface area contributed by atoms with Gasteiger partial charge in [0.2, 0.25) is 15.0 Å². The fraction of sp³-hybridized carbons (Fsp3) is 0.308. The Morgan fingerprint density at radius 3 is 2.73 bits per heavy atom. The van der Waals surface area contributed by atoms with E-state index in [2.05, 4.69) is 20.0 Å². The van der Waals surface area contributed by atoms with Crippen molar-refractivity contribution in [3.8, 4) is 0 Å². The minimum Gasteiger partial charge on any atom is -0.215 e. The molecule has 7 nitrogen and oxygen atoms in total. The Kier molecular flexibility index (Phi) is 4.19. The van der Waals surface area contributed by atoms with Crippen LogP contribution in [-0.4, -0.2) is 34.8 Å². The summed E-state index contributed by atoms with van der Waals surface area (Å²) in [6.07, 6.45) is 0.529. The molecule has 1 aromatic carbocycles. The molecule has 2 aromatic heterocycles. The number of hydrogen-bond acceptors (Lipinski definition) is 6. The van der Waals surface area contributed by atoms with E-state index in [1.807, 2.05) is 25.1 Å². The molecule has 0 saturated carbocycles. The van der Waals surface area contributed by atoms with E-state index in [-0.39, 0.29) is 5.75 Å². The fourth-order valence-corrected chi connectivity index (χ4v) is 4.04. The van der Waals surface area contributed by atoms with Crippen LogP contribution in [0.1, 0.15) is 16.4 Å². The first-order valence-electron chi connectivity index (χ1n) is 6.72. The van der Waals surface area contributed by atoms with Crippen molar-refractivity contribution in [3.63, 3.8) is 0 Å². The lowest BCUT2D eigenvalue weighted by molar-refractivity contribution is 0.580. The standard InChI is InChI=1S/C13H15N5O2S2/c1-10-15-16-13-18(10)17-12(21-13)7-8-14-22(19,20)9-11-5-3-2-4-6-11/h2-6,14H,7-9H2,1H3. The number of rotatable bonds is 6. The number of fused-ring (bicyclic) bond motifs is 1. The Bertz CT molecular complexity index is 870. The Labute approximate surface area is 132 Å². The minimum absolute atomic E-state index is 0.0158. The second kappa shape index (κ2) is 6.11. The van der Waals surface area contributed by atoms with Gasteiger partial charge in [0.1, 0.15) is 5.01 Å². The van der Waals surface area contributed by atoms with E-state index in [0.717, 1.165) is 21.4 Å². The molecule has 0 bridgehead atoms. The third kappa shape index (κ3) is 3.49. The van der Waals surface area contributed by atoms with Crippen molar-refractivity contribution in [3.05, 3.63) is 46.7 Å². The predicted molar refractivity (Wildman–Crippen MR) is 84.2 cm³/mol. The smallest absolute Gasteiger partial charge is 0.215 e. The van der Waals surface area contributed by atoms with Crippen molar-refractivity contribution in [1.29, 1.82) is 0 Å². The summed E-state index contributed by atoms with van der Waals surface area (Å²) in [6.45, 7) is 2.14. The van der Waals surface area contributed by atoms with Crippen LogP contribution >= 0.6 is 11.3 Å². The topological polar surface area (TPSA) is 89.2 Å². The molecule has 9 heteroatoms.